The Kier molecular flexibility index (Phi) is 2.67. The molecular weight excluding hydrogens is 180 g/mol. The van der Waals surface area contributed by atoms with Crippen LogP contribution in [0.4, 0.5) is 5.95 Å². The van der Waals surface area contributed by atoms with Gasteiger partial charge in [0.05, 0.1) is 0 Å². The fourth-order valence-corrected chi connectivity index (χ4v) is 1.37. The van der Waals surface area contributed by atoms with Crippen molar-refractivity contribution in [3.8, 4) is 0 Å². The SMILES string of the molecule is CCN(C)c1noc(CC2CNC2)n1. The number of hydrogen-bond donors (Lipinski definition) is 1. The third kappa shape index (κ3) is 1.87. The average molecular weight is 196 g/mol. The summed E-state index contributed by atoms with van der Waals surface area (Å²) in [6.07, 6.45) is 0.900. The molecule has 1 saturated heterocycles. The Morgan fingerprint density at radius 1 is 1.57 bits per heavy atom. The normalized spacial score (nSPS) is 16.7. The van der Waals surface area contributed by atoms with Gasteiger partial charge in [-0.1, -0.05) is 0 Å². The van der Waals surface area contributed by atoms with E-state index in [1.54, 1.807) is 0 Å². The second-order valence-electron chi connectivity index (χ2n) is 3.73. The number of hydrogen-bond acceptors (Lipinski definition) is 5. The van der Waals surface area contributed by atoms with E-state index in [9.17, 15) is 0 Å². The van der Waals surface area contributed by atoms with Crippen LogP contribution in [0.3, 0.4) is 0 Å². The molecule has 1 aliphatic rings. The molecule has 78 valence electrons. The highest BCUT2D eigenvalue weighted by molar-refractivity contribution is 5.25. The van der Waals surface area contributed by atoms with E-state index in [2.05, 4.69) is 22.4 Å². The largest absolute Gasteiger partial charge is 0.342 e. The van der Waals surface area contributed by atoms with E-state index in [4.69, 9.17) is 4.52 Å². The summed E-state index contributed by atoms with van der Waals surface area (Å²) in [6, 6.07) is 0. The van der Waals surface area contributed by atoms with Gasteiger partial charge >= 0.3 is 0 Å². The second kappa shape index (κ2) is 3.96. The Balaban J connectivity index is 1.94. The summed E-state index contributed by atoms with van der Waals surface area (Å²) >= 11 is 0. The zero-order valence-corrected chi connectivity index (χ0v) is 8.66. The zero-order chi connectivity index (χ0) is 9.97. The summed E-state index contributed by atoms with van der Waals surface area (Å²) in [5, 5.41) is 7.14. The monoisotopic (exact) mass is 196 g/mol. The summed E-state index contributed by atoms with van der Waals surface area (Å²) in [4.78, 5) is 6.29. The Labute approximate surface area is 83.5 Å². The molecule has 0 unspecified atom stereocenters. The molecule has 0 aliphatic carbocycles. The molecule has 0 aromatic carbocycles. The van der Waals surface area contributed by atoms with Gasteiger partial charge in [-0.3, -0.25) is 0 Å². The lowest BCUT2D eigenvalue weighted by atomic mass is 10.00. The summed E-state index contributed by atoms with van der Waals surface area (Å²) in [6.45, 7) is 5.10. The molecule has 0 amide bonds. The van der Waals surface area contributed by atoms with Gasteiger partial charge in [-0.05, 0) is 31.1 Å². The summed E-state index contributed by atoms with van der Waals surface area (Å²) in [7, 11) is 1.96. The van der Waals surface area contributed by atoms with E-state index in [0.29, 0.717) is 11.9 Å². The molecular formula is C9H16N4O. The molecule has 1 aromatic heterocycles. The lowest BCUT2D eigenvalue weighted by molar-refractivity contribution is 0.295. The van der Waals surface area contributed by atoms with Crippen molar-refractivity contribution in [2.24, 2.45) is 5.92 Å². The molecule has 1 fully saturated rings. The highest BCUT2D eigenvalue weighted by Gasteiger charge is 2.20. The summed E-state index contributed by atoms with van der Waals surface area (Å²) < 4.78 is 5.16. The molecule has 1 N–H and O–H groups in total. The lowest BCUT2D eigenvalue weighted by Gasteiger charge is -2.25. The van der Waals surface area contributed by atoms with Crippen LogP contribution in [0.25, 0.3) is 0 Å². The molecule has 0 spiro atoms. The van der Waals surface area contributed by atoms with Gasteiger partial charge in [0.2, 0.25) is 5.89 Å². The summed E-state index contributed by atoms with van der Waals surface area (Å²) in [5.74, 6) is 2.12. The first-order chi connectivity index (χ1) is 6.79. The van der Waals surface area contributed by atoms with Crippen LogP contribution in [0.15, 0.2) is 4.52 Å². The van der Waals surface area contributed by atoms with Crippen molar-refractivity contribution in [1.82, 2.24) is 15.5 Å². The van der Waals surface area contributed by atoms with E-state index in [-0.39, 0.29) is 0 Å². The molecule has 2 rings (SSSR count). The first-order valence-electron chi connectivity index (χ1n) is 5.04. The average Bonchev–Trinajstić information content (AvgIpc) is 2.58. The lowest BCUT2D eigenvalue weighted by Crippen LogP contribution is -2.43. The number of rotatable bonds is 4. The first kappa shape index (κ1) is 9.45. The Bertz CT molecular complexity index is 295. The van der Waals surface area contributed by atoms with Crippen LogP contribution in [-0.4, -0.2) is 36.8 Å². The van der Waals surface area contributed by atoms with Gasteiger partial charge in [-0.25, -0.2) is 0 Å². The molecule has 5 heteroatoms. The fraction of sp³-hybridized carbons (Fsp3) is 0.778. The fourth-order valence-electron chi connectivity index (χ4n) is 1.37. The van der Waals surface area contributed by atoms with E-state index in [0.717, 1.165) is 31.9 Å². The van der Waals surface area contributed by atoms with E-state index in [1.807, 2.05) is 11.9 Å². The van der Waals surface area contributed by atoms with Crippen LogP contribution < -0.4 is 10.2 Å². The minimum absolute atomic E-state index is 0.676. The number of nitrogens with one attached hydrogen (secondary N) is 1. The van der Waals surface area contributed by atoms with Crippen LogP contribution in [-0.2, 0) is 6.42 Å². The predicted octanol–water partition coefficient (Wildman–Crippen LogP) is 0.288. The maximum absolute atomic E-state index is 5.16. The van der Waals surface area contributed by atoms with Gasteiger partial charge in [0.1, 0.15) is 0 Å². The highest BCUT2D eigenvalue weighted by Crippen LogP contribution is 2.13. The Morgan fingerprint density at radius 2 is 2.36 bits per heavy atom. The maximum Gasteiger partial charge on any atom is 0.265 e. The van der Waals surface area contributed by atoms with E-state index in [1.165, 1.54) is 0 Å². The van der Waals surface area contributed by atoms with Gasteiger partial charge in [-0.15, -0.1) is 0 Å². The van der Waals surface area contributed by atoms with Crippen LogP contribution in [0.2, 0.25) is 0 Å². The van der Waals surface area contributed by atoms with Gasteiger partial charge < -0.3 is 14.7 Å². The first-order valence-corrected chi connectivity index (χ1v) is 5.04. The molecule has 0 bridgehead atoms. The molecule has 0 saturated carbocycles. The molecule has 1 aromatic rings. The molecule has 5 nitrogen and oxygen atoms in total. The molecule has 0 radical (unpaired) electrons. The number of aromatic nitrogens is 2. The Hall–Kier alpha value is -1.10. The minimum Gasteiger partial charge on any atom is -0.342 e. The van der Waals surface area contributed by atoms with Gasteiger partial charge in [0.25, 0.3) is 5.95 Å². The van der Waals surface area contributed by atoms with Crippen LogP contribution in [0, 0.1) is 5.92 Å². The van der Waals surface area contributed by atoms with E-state index >= 15 is 0 Å². The number of anilines is 1. The van der Waals surface area contributed by atoms with Crippen molar-refractivity contribution < 1.29 is 4.52 Å². The van der Waals surface area contributed by atoms with Crippen LogP contribution >= 0.6 is 0 Å². The topological polar surface area (TPSA) is 54.2 Å². The van der Waals surface area contributed by atoms with Crippen molar-refractivity contribution in [3.05, 3.63) is 5.89 Å². The standard InChI is InChI=1S/C9H16N4O/c1-3-13(2)9-11-8(14-12-9)4-7-5-10-6-7/h7,10H,3-6H2,1-2H3. The van der Waals surface area contributed by atoms with Gasteiger partial charge in [-0.2, -0.15) is 4.98 Å². The zero-order valence-electron chi connectivity index (χ0n) is 8.66. The van der Waals surface area contributed by atoms with Crippen molar-refractivity contribution >= 4 is 5.95 Å². The minimum atomic E-state index is 0.676. The highest BCUT2D eigenvalue weighted by atomic mass is 16.5. The van der Waals surface area contributed by atoms with E-state index < -0.39 is 0 Å². The summed E-state index contributed by atoms with van der Waals surface area (Å²) in [5.41, 5.74) is 0. The van der Waals surface area contributed by atoms with Crippen molar-refractivity contribution in [2.45, 2.75) is 13.3 Å². The Morgan fingerprint density at radius 3 is 2.93 bits per heavy atom. The van der Waals surface area contributed by atoms with Gasteiger partial charge in [0, 0.05) is 20.0 Å². The number of nitrogens with zero attached hydrogens (tertiary/aromatic N) is 3. The van der Waals surface area contributed by atoms with Crippen LogP contribution in [0.5, 0.6) is 0 Å². The van der Waals surface area contributed by atoms with Crippen LogP contribution in [0.1, 0.15) is 12.8 Å². The quantitative estimate of drug-likeness (QED) is 0.750. The molecule has 14 heavy (non-hydrogen) atoms. The van der Waals surface area contributed by atoms with Gasteiger partial charge in [0.15, 0.2) is 0 Å². The third-order valence-corrected chi connectivity index (χ3v) is 2.60. The predicted molar refractivity (Wildman–Crippen MR) is 53.3 cm³/mol. The van der Waals surface area contributed by atoms with Crippen molar-refractivity contribution in [1.29, 1.82) is 0 Å². The molecule has 2 heterocycles. The molecule has 1 aliphatic heterocycles. The smallest absolute Gasteiger partial charge is 0.265 e. The maximum atomic E-state index is 5.16. The second-order valence-corrected chi connectivity index (χ2v) is 3.73. The third-order valence-electron chi connectivity index (χ3n) is 2.60. The van der Waals surface area contributed by atoms with Crippen molar-refractivity contribution in [2.75, 3.05) is 31.6 Å². The molecule has 0 atom stereocenters. The van der Waals surface area contributed by atoms with Crippen molar-refractivity contribution in [3.63, 3.8) is 0 Å².